The van der Waals surface area contributed by atoms with Crippen LogP contribution in [0.4, 0.5) is 5.69 Å². The molecule has 6 rings (SSSR count). The van der Waals surface area contributed by atoms with E-state index in [1.807, 2.05) is 31.2 Å². The average Bonchev–Trinajstić information content (AvgIpc) is 2.69. The number of para-hydroxylation sites is 1. The first-order chi connectivity index (χ1) is 13.2. The van der Waals surface area contributed by atoms with Gasteiger partial charge in [0.25, 0.3) is 0 Å². The molecule has 1 N–H and O–H groups in total. The van der Waals surface area contributed by atoms with Crippen molar-refractivity contribution in [3.63, 3.8) is 0 Å². The zero-order chi connectivity index (χ0) is 18.5. The molecule has 0 aliphatic heterocycles. The fourth-order valence-corrected chi connectivity index (χ4v) is 5.27. The molecular weight excluding hydrogens is 330 g/mol. The maximum absolute atomic E-state index is 13.4. The third-order valence-corrected chi connectivity index (χ3v) is 6.49. The van der Waals surface area contributed by atoms with Gasteiger partial charge >= 0.3 is 0 Å². The summed E-state index contributed by atoms with van der Waals surface area (Å²) in [6.45, 7) is 4.28. The van der Waals surface area contributed by atoms with Crippen LogP contribution in [0.15, 0.2) is 72.8 Å². The summed E-state index contributed by atoms with van der Waals surface area (Å²) in [5, 5.41) is 3.22. The van der Waals surface area contributed by atoms with E-state index in [0.717, 1.165) is 11.3 Å². The molecule has 0 saturated heterocycles. The maximum Gasteiger partial charge on any atom is 0.228 e. The Kier molecular flexibility index (Phi) is 3.68. The van der Waals surface area contributed by atoms with Gasteiger partial charge in [-0.3, -0.25) is 4.79 Å². The van der Waals surface area contributed by atoms with Gasteiger partial charge in [-0.05, 0) is 46.7 Å². The van der Waals surface area contributed by atoms with Gasteiger partial charge in [0.2, 0.25) is 5.91 Å². The van der Waals surface area contributed by atoms with E-state index in [0.29, 0.717) is 0 Å². The highest BCUT2D eigenvalue weighted by atomic mass is 16.1. The summed E-state index contributed by atoms with van der Waals surface area (Å²) in [6.07, 6.45) is 0. The third kappa shape index (κ3) is 2.36. The molecule has 3 aromatic carbocycles. The molecule has 2 bridgehead atoms. The highest BCUT2D eigenvalue weighted by Gasteiger charge is 2.50. The van der Waals surface area contributed by atoms with Crippen molar-refractivity contribution in [2.45, 2.75) is 25.7 Å². The normalized spacial score (nSPS) is 24.8. The second-order valence-corrected chi connectivity index (χ2v) is 7.90. The van der Waals surface area contributed by atoms with Gasteiger partial charge in [0.05, 0.1) is 5.92 Å². The zero-order valence-corrected chi connectivity index (χ0v) is 15.6. The average molecular weight is 353 g/mol. The Balaban J connectivity index is 1.61. The number of carbonyl (C=O) groups is 1. The Hall–Kier alpha value is -2.87. The van der Waals surface area contributed by atoms with Crippen LogP contribution in [0.1, 0.15) is 46.6 Å². The predicted octanol–water partition coefficient (Wildman–Crippen LogP) is 5.48. The predicted molar refractivity (Wildman–Crippen MR) is 109 cm³/mol. The summed E-state index contributed by atoms with van der Waals surface area (Å²) < 4.78 is 0. The van der Waals surface area contributed by atoms with E-state index in [1.54, 1.807) is 0 Å². The Morgan fingerprint density at radius 2 is 1.22 bits per heavy atom. The standard InChI is InChI=1S/C25H23NO/c1-15-9-3-8-14-21(15)26-25(27)23-16(2)22-17-10-4-6-12-19(17)24(23)20-13-7-5-11-18(20)22/h3-14,16,22-24H,1-2H3,(H,26,27). The molecule has 0 spiro atoms. The largest absolute Gasteiger partial charge is 0.326 e. The minimum Gasteiger partial charge on any atom is -0.326 e. The zero-order valence-electron chi connectivity index (χ0n) is 15.6. The van der Waals surface area contributed by atoms with Crippen LogP contribution in [0.3, 0.4) is 0 Å². The quantitative estimate of drug-likeness (QED) is 0.650. The van der Waals surface area contributed by atoms with Crippen LogP contribution in [0.25, 0.3) is 0 Å². The molecular formula is C25H23NO. The number of hydrogen-bond donors (Lipinski definition) is 1. The smallest absolute Gasteiger partial charge is 0.228 e. The number of hydrogen-bond acceptors (Lipinski definition) is 1. The molecule has 2 nitrogen and oxygen atoms in total. The van der Waals surface area contributed by atoms with Crippen LogP contribution in [0, 0.1) is 18.8 Å². The minimum absolute atomic E-state index is 0.0561. The summed E-state index contributed by atoms with van der Waals surface area (Å²) in [7, 11) is 0. The number of anilines is 1. The lowest BCUT2D eigenvalue weighted by molar-refractivity contribution is -0.122. The van der Waals surface area contributed by atoms with Crippen molar-refractivity contribution in [1.29, 1.82) is 0 Å². The van der Waals surface area contributed by atoms with Crippen LogP contribution in [0.2, 0.25) is 0 Å². The van der Waals surface area contributed by atoms with Gasteiger partial charge in [0.15, 0.2) is 0 Å². The Labute approximate surface area is 160 Å². The van der Waals surface area contributed by atoms with E-state index in [4.69, 9.17) is 0 Å². The van der Waals surface area contributed by atoms with E-state index in [2.05, 4.69) is 60.8 Å². The van der Waals surface area contributed by atoms with Crippen molar-refractivity contribution < 1.29 is 4.79 Å². The first-order valence-corrected chi connectivity index (χ1v) is 9.71. The number of rotatable bonds is 2. The molecule has 1 amide bonds. The molecule has 0 heterocycles. The van der Waals surface area contributed by atoms with Crippen LogP contribution in [-0.2, 0) is 4.79 Å². The fraction of sp³-hybridized carbons (Fsp3) is 0.240. The summed E-state index contributed by atoms with van der Waals surface area (Å²) in [5.74, 6) is 0.760. The molecule has 3 aliphatic rings. The lowest BCUT2D eigenvalue weighted by Crippen LogP contribution is -2.44. The summed E-state index contributed by atoms with van der Waals surface area (Å²) >= 11 is 0. The number of aryl methyl sites for hydroxylation is 1. The van der Waals surface area contributed by atoms with Crippen molar-refractivity contribution in [3.8, 4) is 0 Å². The highest BCUT2D eigenvalue weighted by molar-refractivity contribution is 5.95. The first kappa shape index (κ1) is 16.3. The molecule has 3 aromatic rings. The van der Waals surface area contributed by atoms with E-state index >= 15 is 0 Å². The van der Waals surface area contributed by atoms with E-state index in [-0.39, 0.29) is 29.6 Å². The molecule has 0 fully saturated rings. The van der Waals surface area contributed by atoms with Gasteiger partial charge in [-0.2, -0.15) is 0 Å². The number of benzene rings is 3. The van der Waals surface area contributed by atoms with Gasteiger partial charge in [0, 0.05) is 17.5 Å². The van der Waals surface area contributed by atoms with Crippen LogP contribution < -0.4 is 5.32 Å². The third-order valence-electron chi connectivity index (χ3n) is 6.49. The Bertz CT molecular complexity index is 990. The first-order valence-electron chi connectivity index (χ1n) is 9.71. The van der Waals surface area contributed by atoms with Gasteiger partial charge < -0.3 is 5.32 Å². The molecule has 134 valence electrons. The lowest BCUT2D eigenvalue weighted by Gasteiger charge is -2.49. The monoisotopic (exact) mass is 353 g/mol. The maximum atomic E-state index is 13.4. The fourth-order valence-electron chi connectivity index (χ4n) is 5.27. The molecule has 2 heteroatoms. The second-order valence-electron chi connectivity index (χ2n) is 7.90. The van der Waals surface area contributed by atoms with Crippen LogP contribution >= 0.6 is 0 Å². The molecule has 27 heavy (non-hydrogen) atoms. The van der Waals surface area contributed by atoms with Gasteiger partial charge in [0.1, 0.15) is 0 Å². The summed E-state index contributed by atoms with van der Waals surface area (Å²) in [5.41, 5.74) is 7.45. The SMILES string of the molecule is Cc1ccccc1NC(=O)C1C2c3ccccc3C(c3ccccc32)C1C. The van der Waals surface area contributed by atoms with E-state index in [1.165, 1.54) is 22.3 Å². The second kappa shape index (κ2) is 6.09. The molecule has 2 atom stereocenters. The molecule has 0 aromatic heterocycles. The number of carbonyl (C=O) groups excluding carboxylic acids is 1. The topological polar surface area (TPSA) is 29.1 Å². The number of nitrogens with one attached hydrogen (secondary N) is 1. The molecule has 2 unspecified atom stereocenters. The van der Waals surface area contributed by atoms with Gasteiger partial charge in [-0.25, -0.2) is 0 Å². The van der Waals surface area contributed by atoms with Crippen LogP contribution in [0.5, 0.6) is 0 Å². The van der Waals surface area contributed by atoms with Gasteiger partial charge in [-0.1, -0.05) is 73.7 Å². The van der Waals surface area contributed by atoms with Crippen molar-refractivity contribution in [1.82, 2.24) is 0 Å². The molecule has 0 saturated carbocycles. The Morgan fingerprint density at radius 3 is 1.78 bits per heavy atom. The minimum atomic E-state index is -0.0561. The van der Waals surface area contributed by atoms with E-state index in [9.17, 15) is 4.79 Å². The van der Waals surface area contributed by atoms with Crippen LogP contribution in [-0.4, -0.2) is 5.91 Å². The van der Waals surface area contributed by atoms with E-state index < -0.39 is 0 Å². The molecule has 0 radical (unpaired) electrons. The number of amides is 1. The van der Waals surface area contributed by atoms with Gasteiger partial charge in [-0.15, -0.1) is 0 Å². The van der Waals surface area contributed by atoms with Crippen molar-refractivity contribution >= 4 is 11.6 Å². The Morgan fingerprint density at radius 1 is 0.741 bits per heavy atom. The lowest BCUT2D eigenvalue weighted by atomic mass is 9.54. The molecule has 3 aliphatic carbocycles. The highest BCUT2D eigenvalue weighted by Crippen LogP contribution is 2.58. The van der Waals surface area contributed by atoms with Crippen molar-refractivity contribution in [2.75, 3.05) is 5.32 Å². The van der Waals surface area contributed by atoms with Crippen molar-refractivity contribution in [3.05, 3.63) is 101 Å². The van der Waals surface area contributed by atoms with Crippen molar-refractivity contribution in [2.24, 2.45) is 11.8 Å². The number of fused-ring (bicyclic) bond motifs is 1. The summed E-state index contributed by atoms with van der Waals surface area (Å²) in [4.78, 5) is 13.4. The summed E-state index contributed by atoms with van der Waals surface area (Å²) in [6, 6.07) is 25.4.